The molecule has 2 aromatic carbocycles. The number of aliphatic hydroxyl groups excluding tert-OH is 1. The van der Waals surface area contributed by atoms with Crippen LogP contribution in [0.15, 0.2) is 60.7 Å². The third-order valence-electron chi connectivity index (χ3n) is 3.27. The number of benzene rings is 2. The molecule has 0 fully saturated rings. The molecule has 0 amide bonds. The normalized spacial score (nSPS) is 13.7. The fourth-order valence-corrected chi connectivity index (χ4v) is 2.04. The maximum absolute atomic E-state index is 11.9. The van der Waals surface area contributed by atoms with Crippen LogP contribution in [0, 0.1) is 5.92 Å². The summed E-state index contributed by atoms with van der Waals surface area (Å²) in [5, 5.41) is 10.6. The summed E-state index contributed by atoms with van der Waals surface area (Å²) < 4.78 is 5.53. The number of hydrogen-bond donors (Lipinski definition) is 1. The van der Waals surface area contributed by atoms with Gasteiger partial charge in [-0.3, -0.25) is 4.79 Å². The van der Waals surface area contributed by atoms with Crippen molar-refractivity contribution in [3.8, 4) is 0 Å². The van der Waals surface area contributed by atoms with Crippen LogP contribution in [0.2, 0.25) is 0 Å². The SMILES string of the molecule is CC(C)C(=O)O[C@H](c1ccccc1)[C@@H](O)c1ccccc1. The maximum Gasteiger partial charge on any atom is 0.309 e. The van der Waals surface area contributed by atoms with Crippen LogP contribution in [0.25, 0.3) is 0 Å². The molecular formula is C18H20O3. The second kappa shape index (κ2) is 7.04. The summed E-state index contributed by atoms with van der Waals surface area (Å²) in [7, 11) is 0. The summed E-state index contributed by atoms with van der Waals surface area (Å²) in [5.74, 6) is -0.557. The van der Waals surface area contributed by atoms with E-state index >= 15 is 0 Å². The van der Waals surface area contributed by atoms with Gasteiger partial charge in [0.15, 0.2) is 6.10 Å². The van der Waals surface area contributed by atoms with E-state index in [9.17, 15) is 9.90 Å². The van der Waals surface area contributed by atoms with Crippen molar-refractivity contribution in [2.24, 2.45) is 5.92 Å². The maximum atomic E-state index is 11.9. The zero-order chi connectivity index (χ0) is 15.2. The second-order valence-corrected chi connectivity index (χ2v) is 5.28. The van der Waals surface area contributed by atoms with Gasteiger partial charge >= 0.3 is 5.97 Å². The quantitative estimate of drug-likeness (QED) is 0.852. The molecule has 3 nitrogen and oxygen atoms in total. The third-order valence-corrected chi connectivity index (χ3v) is 3.27. The van der Waals surface area contributed by atoms with E-state index in [4.69, 9.17) is 4.74 Å². The summed E-state index contributed by atoms with van der Waals surface area (Å²) in [4.78, 5) is 11.9. The first-order valence-electron chi connectivity index (χ1n) is 7.08. The highest BCUT2D eigenvalue weighted by Gasteiger charge is 2.27. The third kappa shape index (κ3) is 3.92. The first-order chi connectivity index (χ1) is 10.1. The Morgan fingerprint density at radius 2 is 1.38 bits per heavy atom. The summed E-state index contributed by atoms with van der Waals surface area (Å²) in [6, 6.07) is 18.6. The van der Waals surface area contributed by atoms with Crippen molar-refractivity contribution in [1.82, 2.24) is 0 Å². The number of hydrogen-bond acceptors (Lipinski definition) is 3. The standard InChI is InChI=1S/C18H20O3/c1-13(2)18(20)21-17(15-11-7-4-8-12-15)16(19)14-9-5-3-6-10-14/h3-13,16-17,19H,1-2H3/t16-,17+/m0/s1. The first kappa shape index (κ1) is 15.3. The summed E-state index contributed by atoms with van der Waals surface area (Å²) in [6.07, 6.45) is -1.60. The molecule has 2 aromatic rings. The molecule has 0 aliphatic heterocycles. The molecule has 0 radical (unpaired) electrons. The van der Waals surface area contributed by atoms with E-state index in [0.29, 0.717) is 0 Å². The van der Waals surface area contributed by atoms with E-state index in [1.807, 2.05) is 60.7 Å². The van der Waals surface area contributed by atoms with Crippen molar-refractivity contribution in [2.75, 3.05) is 0 Å². The highest BCUT2D eigenvalue weighted by atomic mass is 16.6. The Kier molecular flexibility index (Phi) is 5.12. The van der Waals surface area contributed by atoms with Crippen molar-refractivity contribution >= 4 is 5.97 Å². The average Bonchev–Trinajstić information content (AvgIpc) is 2.53. The molecule has 21 heavy (non-hydrogen) atoms. The van der Waals surface area contributed by atoms with Crippen LogP contribution in [0.3, 0.4) is 0 Å². The first-order valence-corrected chi connectivity index (χ1v) is 7.08. The van der Waals surface area contributed by atoms with E-state index in [1.54, 1.807) is 13.8 Å². The van der Waals surface area contributed by atoms with Gasteiger partial charge < -0.3 is 9.84 Å². The van der Waals surface area contributed by atoms with Gasteiger partial charge in [0, 0.05) is 0 Å². The minimum atomic E-state index is -0.892. The lowest BCUT2D eigenvalue weighted by Gasteiger charge is -2.24. The Hall–Kier alpha value is -2.13. The smallest absolute Gasteiger partial charge is 0.309 e. The fraction of sp³-hybridized carbons (Fsp3) is 0.278. The predicted molar refractivity (Wildman–Crippen MR) is 81.5 cm³/mol. The van der Waals surface area contributed by atoms with Gasteiger partial charge in [-0.1, -0.05) is 74.5 Å². The number of rotatable bonds is 5. The lowest BCUT2D eigenvalue weighted by molar-refractivity contribution is -0.160. The molecule has 0 saturated heterocycles. The van der Waals surface area contributed by atoms with Crippen molar-refractivity contribution in [3.63, 3.8) is 0 Å². The van der Waals surface area contributed by atoms with Gasteiger partial charge in [-0.25, -0.2) is 0 Å². The van der Waals surface area contributed by atoms with E-state index in [0.717, 1.165) is 11.1 Å². The zero-order valence-corrected chi connectivity index (χ0v) is 12.3. The topological polar surface area (TPSA) is 46.5 Å². The fourth-order valence-electron chi connectivity index (χ4n) is 2.04. The molecule has 0 unspecified atom stereocenters. The lowest BCUT2D eigenvalue weighted by atomic mass is 9.98. The van der Waals surface area contributed by atoms with E-state index in [1.165, 1.54) is 0 Å². The van der Waals surface area contributed by atoms with Gasteiger partial charge in [0.1, 0.15) is 6.10 Å². The number of carbonyl (C=O) groups is 1. The van der Waals surface area contributed by atoms with Crippen LogP contribution in [-0.4, -0.2) is 11.1 Å². The van der Waals surface area contributed by atoms with E-state index < -0.39 is 12.2 Å². The minimum absolute atomic E-state index is 0.237. The van der Waals surface area contributed by atoms with Crippen LogP contribution >= 0.6 is 0 Å². The van der Waals surface area contributed by atoms with Crippen LogP contribution in [0.1, 0.15) is 37.2 Å². The van der Waals surface area contributed by atoms with E-state index in [-0.39, 0.29) is 11.9 Å². The Balaban J connectivity index is 2.30. The molecular weight excluding hydrogens is 264 g/mol. The number of esters is 1. The van der Waals surface area contributed by atoms with Gasteiger partial charge in [-0.15, -0.1) is 0 Å². The lowest BCUT2D eigenvalue weighted by Crippen LogP contribution is -2.21. The van der Waals surface area contributed by atoms with Gasteiger partial charge in [0.2, 0.25) is 0 Å². The minimum Gasteiger partial charge on any atom is -0.454 e. The molecule has 0 saturated carbocycles. The van der Waals surface area contributed by atoms with Crippen LogP contribution in [-0.2, 0) is 9.53 Å². The van der Waals surface area contributed by atoms with Crippen LogP contribution in [0.5, 0.6) is 0 Å². The summed E-state index contributed by atoms with van der Waals surface area (Å²) >= 11 is 0. The van der Waals surface area contributed by atoms with Gasteiger partial charge in [-0.05, 0) is 11.1 Å². The van der Waals surface area contributed by atoms with Crippen molar-refractivity contribution < 1.29 is 14.6 Å². The Labute approximate surface area is 125 Å². The predicted octanol–water partition coefficient (Wildman–Crippen LogP) is 3.66. The number of ether oxygens (including phenoxy) is 1. The molecule has 2 rings (SSSR count). The highest BCUT2D eigenvalue weighted by molar-refractivity contribution is 5.71. The van der Waals surface area contributed by atoms with Crippen LogP contribution in [0.4, 0.5) is 0 Å². The second-order valence-electron chi connectivity index (χ2n) is 5.28. The molecule has 0 aliphatic rings. The summed E-state index contributed by atoms with van der Waals surface area (Å²) in [6.45, 7) is 3.55. The number of aliphatic hydroxyl groups is 1. The molecule has 0 aromatic heterocycles. The van der Waals surface area contributed by atoms with E-state index in [2.05, 4.69) is 0 Å². The molecule has 0 aliphatic carbocycles. The molecule has 0 heterocycles. The molecule has 0 spiro atoms. The molecule has 3 heteroatoms. The highest BCUT2D eigenvalue weighted by Crippen LogP contribution is 2.32. The number of carbonyl (C=O) groups excluding carboxylic acids is 1. The zero-order valence-electron chi connectivity index (χ0n) is 12.3. The molecule has 0 bridgehead atoms. The molecule has 110 valence electrons. The van der Waals surface area contributed by atoms with Crippen molar-refractivity contribution in [3.05, 3.63) is 71.8 Å². The van der Waals surface area contributed by atoms with Gasteiger partial charge in [-0.2, -0.15) is 0 Å². The van der Waals surface area contributed by atoms with Gasteiger partial charge in [0.25, 0.3) is 0 Å². The van der Waals surface area contributed by atoms with Gasteiger partial charge in [0.05, 0.1) is 5.92 Å². The molecule has 1 N–H and O–H groups in total. The monoisotopic (exact) mass is 284 g/mol. The van der Waals surface area contributed by atoms with Crippen molar-refractivity contribution in [2.45, 2.75) is 26.1 Å². The van der Waals surface area contributed by atoms with Crippen molar-refractivity contribution in [1.29, 1.82) is 0 Å². The van der Waals surface area contributed by atoms with Crippen LogP contribution < -0.4 is 0 Å². The Bertz CT molecular complexity index is 564. The largest absolute Gasteiger partial charge is 0.454 e. The Morgan fingerprint density at radius 3 is 1.86 bits per heavy atom. The average molecular weight is 284 g/mol. The molecule has 2 atom stereocenters. The Morgan fingerprint density at radius 1 is 0.905 bits per heavy atom. The summed E-state index contributed by atoms with van der Waals surface area (Å²) in [5.41, 5.74) is 1.51.